The molecule has 4 heteroatoms. The van der Waals surface area contributed by atoms with Gasteiger partial charge in [-0.05, 0) is 24.3 Å². The number of halogens is 1. The number of carbonyl (C=O) groups excluding carboxylic acids is 1. The van der Waals surface area contributed by atoms with E-state index in [4.69, 9.17) is 11.6 Å². The summed E-state index contributed by atoms with van der Waals surface area (Å²) in [5.41, 5.74) is 3.01. The van der Waals surface area contributed by atoms with Crippen LogP contribution in [0.2, 0.25) is 0 Å². The number of rotatable bonds is 4. The van der Waals surface area contributed by atoms with Gasteiger partial charge in [-0.2, -0.15) is 0 Å². The Morgan fingerprint density at radius 3 is 2.89 bits per heavy atom. The van der Waals surface area contributed by atoms with E-state index in [0.717, 1.165) is 5.01 Å². The van der Waals surface area contributed by atoms with Gasteiger partial charge in [-0.15, -0.1) is 22.9 Å². The Bertz CT molecular complexity index is 589. The molecule has 92 valence electrons. The normalized spacial score (nSPS) is 14.7. The molecule has 0 bridgehead atoms. The van der Waals surface area contributed by atoms with E-state index in [9.17, 15) is 4.79 Å². The molecule has 1 aliphatic rings. The number of hydrogen-bond acceptors (Lipinski definition) is 3. The first-order valence-electron chi connectivity index (χ1n) is 5.93. The van der Waals surface area contributed by atoms with Gasteiger partial charge < -0.3 is 0 Å². The zero-order chi connectivity index (χ0) is 12.5. The van der Waals surface area contributed by atoms with Gasteiger partial charge in [-0.1, -0.05) is 24.3 Å². The van der Waals surface area contributed by atoms with Crippen molar-refractivity contribution < 1.29 is 4.79 Å². The lowest BCUT2D eigenvalue weighted by Crippen LogP contribution is -2.00. The Balaban J connectivity index is 1.99. The highest BCUT2D eigenvalue weighted by Gasteiger charge is 2.26. The predicted molar refractivity (Wildman–Crippen MR) is 74.6 cm³/mol. The van der Waals surface area contributed by atoms with Crippen LogP contribution in [0.5, 0.6) is 0 Å². The SMILES string of the molecule is O=C(CCl)c1csc(-c2ccccc2C2CC2)n1. The summed E-state index contributed by atoms with van der Waals surface area (Å²) in [4.78, 5) is 15.9. The molecule has 0 radical (unpaired) electrons. The summed E-state index contributed by atoms with van der Waals surface area (Å²) in [6, 6.07) is 8.33. The lowest BCUT2D eigenvalue weighted by Gasteiger charge is -2.04. The highest BCUT2D eigenvalue weighted by molar-refractivity contribution is 7.13. The summed E-state index contributed by atoms with van der Waals surface area (Å²) >= 11 is 7.06. The molecule has 1 saturated carbocycles. The van der Waals surface area contributed by atoms with E-state index in [2.05, 4.69) is 23.2 Å². The predicted octanol–water partition coefficient (Wildman–Crippen LogP) is 4.11. The molecule has 1 fully saturated rings. The number of ketones is 1. The minimum absolute atomic E-state index is 0.00650. The molecule has 0 aliphatic heterocycles. The number of hydrogen-bond donors (Lipinski definition) is 0. The molecule has 0 spiro atoms. The summed E-state index contributed by atoms with van der Waals surface area (Å²) in [6.45, 7) is 0. The zero-order valence-corrected chi connectivity index (χ0v) is 11.3. The fourth-order valence-corrected chi connectivity index (χ4v) is 3.04. The molecule has 0 atom stereocenters. The number of benzene rings is 1. The lowest BCUT2D eigenvalue weighted by molar-refractivity contribution is 0.101. The molecule has 0 amide bonds. The van der Waals surface area contributed by atoms with Crippen molar-refractivity contribution in [2.45, 2.75) is 18.8 Å². The number of alkyl halides is 1. The van der Waals surface area contributed by atoms with Crippen molar-refractivity contribution in [3.8, 4) is 10.6 Å². The number of carbonyl (C=O) groups is 1. The molecule has 1 aromatic heterocycles. The summed E-state index contributed by atoms with van der Waals surface area (Å²) in [7, 11) is 0. The van der Waals surface area contributed by atoms with Gasteiger partial charge in [-0.3, -0.25) is 4.79 Å². The van der Waals surface area contributed by atoms with E-state index in [-0.39, 0.29) is 11.7 Å². The summed E-state index contributed by atoms with van der Waals surface area (Å²) in [5, 5.41) is 2.72. The molecular formula is C14H12ClNOS. The van der Waals surface area contributed by atoms with E-state index in [1.165, 1.54) is 35.3 Å². The second-order valence-electron chi connectivity index (χ2n) is 4.46. The van der Waals surface area contributed by atoms with Crippen molar-refractivity contribution in [3.63, 3.8) is 0 Å². The van der Waals surface area contributed by atoms with Gasteiger partial charge in [0.15, 0.2) is 5.78 Å². The van der Waals surface area contributed by atoms with Gasteiger partial charge in [-0.25, -0.2) is 4.98 Å². The molecule has 2 aromatic rings. The van der Waals surface area contributed by atoms with Crippen LogP contribution in [0.3, 0.4) is 0 Å². The molecule has 1 heterocycles. The molecule has 0 N–H and O–H groups in total. The monoisotopic (exact) mass is 277 g/mol. The Labute approximate surface area is 115 Å². The van der Waals surface area contributed by atoms with Crippen LogP contribution in [-0.2, 0) is 0 Å². The third-order valence-corrected chi connectivity index (χ3v) is 4.24. The largest absolute Gasteiger partial charge is 0.291 e. The molecule has 1 aromatic carbocycles. The third kappa shape index (κ3) is 2.20. The van der Waals surface area contributed by atoms with Crippen molar-refractivity contribution in [3.05, 3.63) is 40.9 Å². The lowest BCUT2D eigenvalue weighted by atomic mass is 10.0. The quantitative estimate of drug-likeness (QED) is 0.622. The Hall–Kier alpha value is -1.19. The van der Waals surface area contributed by atoms with Gasteiger partial charge in [0.25, 0.3) is 0 Å². The number of aromatic nitrogens is 1. The van der Waals surface area contributed by atoms with Crippen LogP contribution in [0.4, 0.5) is 0 Å². The average molecular weight is 278 g/mol. The highest BCUT2D eigenvalue weighted by atomic mass is 35.5. The van der Waals surface area contributed by atoms with Crippen molar-refractivity contribution >= 4 is 28.7 Å². The highest BCUT2D eigenvalue weighted by Crippen LogP contribution is 2.44. The van der Waals surface area contributed by atoms with Crippen LogP contribution < -0.4 is 0 Å². The van der Waals surface area contributed by atoms with Crippen molar-refractivity contribution in [2.24, 2.45) is 0 Å². The van der Waals surface area contributed by atoms with Crippen LogP contribution in [0.25, 0.3) is 10.6 Å². The van der Waals surface area contributed by atoms with Crippen LogP contribution in [0, 0.1) is 0 Å². The molecule has 3 rings (SSSR count). The first kappa shape index (κ1) is 11.9. The van der Waals surface area contributed by atoms with Gasteiger partial charge in [0.1, 0.15) is 10.7 Å². The maximum Gasteiger partial charge on any atom is 0.196 e. The first-order valence-corrected chi connectivity index (χ1v) is 7.35. The van der Waals surface area contributed by atoms with Gasteiger partial charge in [0.05, 0.1) is 5.88 Å². The standard InChI is InChI=1S/C14H12ClNOS/c15-7-13(17)12-8-18-14(16-12)11-4-2-1-3-10(11)9-5-6-9/h1-4,8-9H,5-7H2. The molecule has 18 heavy (non-hydrogen) atoms. The maximum atomic E-state index is 11.5. The molecule has 0 unspecified atom stereocenters. The summed E-state index contributed by atoms with van der Waals surface area (Å²) in [6.07, 6.45) is 2.52. The number of thiazole rings is 1. The van der Waals surface area contributed by atoms with Crippen molar-refractivity contribution in [2.75, 3.05) is 5.88 Å². The van der Waals surface area contributed by atoms with E-state index >= 15 is 0 Å². The van der Waals surface area contributed by atoms with Crippen LogP contribution in [0.1, 0.15) is 34.8 Å². The number of nitrogens with zero attached hydrogens (tertiary/aromatic N) is 1. The fraction of sp³-hybridized carbons (Fsp3) is 0.286. The molecule has 0 saturated heterocycles. The van der Waals surface area contributed by atoms with Gasteiger partial charge in [0, 0.05) is 10.9 Å². The van der Waals surface area contributed by atoms with E-state index < -0.39 is 0 Å². The maximum absolute atomic E-state index is 11.5. The second kappa shape index (κ2) is 4.82. The second-order valence-corrected chi connectivity index (χ2v) is 5.58. The number of Topliss-reactive ketones (excluding diaryl/α,β-unsaturated/α-hetero) is 1. The van der Waals surface area contributed by atoms with Crippen LogP contribution >= 0.6 is 22.9 Å². The van der Waals surface area contributed by atoms with Crippen LogP contribution in [-0.4, -0.2) is 16.6 Å². The minimum atomic E-state index is -0.108. The van der Waals surface area contributed by atoms with E-state index in [1.54, 1.807) is 5.38 Å². The Kier molecular flexibility index (Phi) is 3.18. The average Bonchev–Trinajstić information content (AvgIpc) is 3.15. The summed E-state index contributed by atoms with van der Waals surface area (Å²) < 4.78 is 0. The van der Waals surface area contributed by atoms with E-state index in [0.29, 0.717) is 11.6 Å². The minimum Gasteiger partial charge on any atom is -0.291 e. The van der Waals surface area contributed by atoms with Crippen molar-refractivity contribution in [1.29, 1.82) is 0 Å². The Morgan fingerprint density at radius 1 is 1.39 bits per heavy atom. The zero-order valence-electron chi connectivity index (χ0n) is 9.73. The molecular weight excluding hydrogens is 266 g/mol. The van der Waals surface area contributed by atoms with Crippen molar-refractivity contribution in [1.82, 2.24) is 4.98 Å². The summed E-state index contributed by atoms with van der Waals surface area (Å²) in [5.74, 6) is 0.563. The van der Waals surface area contributed by atoms with Gasteiger partial charge in [0.2, 0.25) is 0 Å². The third-order valence-electron chi connectivity index (χ3n) is 3.12. The fourth-order valence-electron chi connectivity index (χ4n) is 2.04. The van der Waals surface area contributed by atoms with E-state index in [1.807, 2.05) is 6.07 Å². The first-order chi connectivity index (χ1) is 8.79. The Morgan fingerprint density at radius 2 is 2.17 bits per heavy atom. The van der Waals surface area contributed by atoms with Gasteiger partial charge >= 0.3 is 0 Å². The molecule has 1 aliphatic carbocycles. The topological polar surface area (TPSA) is 30.0 Å². The molecule has 2 nitrogen and oxygen atoms in total. The van der Waals surface area contributed by atoms with Crippen LogP contribution in [0.15, 0.2) is 29.6 Å². The smallest absolute Gasteiger partial charge is 0.196 e.